The molecule has 46 heavy (non-hydrogen) atoms. The van der Waals surface area contributed by atoms with Gasteiger partial charge in [-0.15, -0.1) is 13.2 Å². The van der Waals surface area contributed by atoms with E-state index in [1.54, 1.807) is 19.9 Å². The molecule has 0 aliphatic carbocycles. The fourth-order valence-corrected chi connectivity index (χ4v) is 4.62. The van der Waals surface area contributed by atoms with Crippen LogP contribution in [0.25, 0.3) is 10.9 Å². The number of nitrogens with one attached hydrogen (secondary N) is 3. The first-order valence-electron chi connectivity index (χ1n) is 13.7. The number of rotatable bonds is 10. The van der Waals surface area contributed by atoms with E-state index in [2.05, 4.69) is 20.7 Å². The Kier molecular flexibility index (Phi) is 10.2. The number of carbonyl (C=O) groups is 3. The number of anilines is 1. The molecule has 0 fully saturated rings. The maximum atomic E-state index is 13.5. The Morgan fingerprint density at radius 2 is 1.48 bits per heavy atom. The summed E-state index contributed by atoms with van der Waals surface area (Å²) in [6, 6.07) is 14.6. The zero-order valence-electron chi connectivity index (χ0n) is 24.3. The minimum atomic E-state index is -4.88. The van der Waals surface area contributed by atoms with Crippen molar-refractivity contribution >= 4 is 45.9 Å². The van der Waals surface area contributed by atoms with Crippen LogP contribution in [0.1, 0.15) is 45.8 Å². The third-order valence-electron chi connectivity index (χ3n) is 6.61. The standard InChI is InChI=1S/C31H27ClF6N4O4/c1-17(2)27(43)39-15-19-5-9-24(32)23(11-19)28(44)41-21-6-10-25-20(12-21)13-26(42(25)16-30(33,34)35)29(45)40-14-18-3-7-22(8-4-18)46-31(36,37)38/h3-13,17H,14-16H2,1-2H3,(H,39,43)(H,40,45)(H,41,44). The van der Waals surface area contributed by atoms with Gasteiger partial charge in [0, 0.05) is 35.6 Å². The molecular formula is C31H27ClF6N4O4. The molecule has 3 amide bonds. The summed E-state index contributed by atoms with van der Waals surface area (Å²) < 4.78 is 82.3. The van der Waals surface area contributed by atoms with Crippen LogP contribution in [0.5, 0.6) is 5.75 Å². The van der Waals surface area contributed by atoms with E-state index >= 15 is 0 Å². The first-order valence-corrected chi connectivity index (χ1v) is 14.1. The molecule has 0 atom stereocenters. The number of nitrogens with zero attached hydrogens (tertiary/aromatic N) is 1. The molecule has 0 aliphatic rings. The van der Waals surface area contributed by atoms with Gasteiger partial charge < -0.3 is 25.3 Å². The predicted molar refractivity (Wildman–Crippen MR) is 158 cm³/mol. The molecule has 15 heteroatoms. The highest BCUT2D eigenvalue weighted by atomic mass is 35.5. The van der Waals surface area contributed by atoms with Crippen LogP contribution in [0.15, 0.2) is 66.7 Å². The van der Waals surface area contributed by atoms with Crippen molar-refractivity contribution in [3.8, 4) is 5.75 Å². The molecule has 4 rings (SSSR count). The van der Waals surface area contributed by atoms with Gasteiger partial charge in [-0.1, -0.05) is 43.6 Å². The Balaban J connectivity index is 1.53. The summed E-state index contributed by atoms with van der Waals surface area (Å²) in [5, 5.41) is 8.22. The zero-order chi connectivity index (χ0) is 33.8. The Morgan fingerprint density at radius 1 is 0.826 bits per heavy atom. The average Bonchev–Trinajstić information content (AvgIpc) is 3.31. The lowest BCUT2D eigenvalue weighted by atomic mass is 10.1. The Bertz CT molecular complexity index is 1750. The van der Waals surface area contributed by atoms with Crippen molar-refractivity contribution in [3.05, 3.63) is 94.1 Å². The second-order valence-corrected chi connectivity index (χ2v) is 10.9. The van der Waals surface area contributed by atoms with Crippen LogP contribution < -0.4 is 20.7 Å². The van der Waals surface area contributed by atoms with Crippen molar-refractivity contribution in [1.82, 2.24) is 15.2 Å². The number of amides is 3. The largest absolute Gasteiger partial charge is 0.573 e. The molecule has 0 aliphatic heterocycles. The smallest absolute Gasteiger partial charge is 0.406 e. The Labute approximate surface area is 263 Å². The lowest BCUT2D eigenvalue weighted by Gasteiger charge is -2.14. The molecule has 3 N–H and O–H groups in total. The van der Waals surface area contributed by atoms with E-state index in [1.165, 1.54) is 48.5 Å². The molecular weight excluding hydrogens is 642 g/mol. The monoisotopic (exact) mass is 668 g/mol. The minimum absolute atomic E-state index is 0.0649. The van der Waals surface area contributed by atoms with Crippen molar-refractivity contribution in [3.63, 3.8) is 0 Å². The molecule has 0 spiro atoms. The van der Waals surface area contributed by atoms with Gasteiger partial charge in [0.05, 0.1) is 10.6 Å². The Hall–Kier alpha value is -4.72. The second-order valence-electron chi connectivity index (χ2n) is 10.5. The number of carbonyl (C=O) groups excluding carboxylic acids is 3. The first kappa shape index (κ1) is 34.2. The molecule has 244 valence electrons. The molecule has 4 aromatic rings. The van der Waals surface area contributed by atoms with Crippen molar-refractivity contribution in [1.29, 1.82) is 0 Å². The van der Waals surface area contributed by atoms with Gasteiger partial charge in [-0.3, -0.25) is 14.4 Å². The van der Waals surface area contributed by atoms with Crippen LogP contribution in [-0.2, 0) is 24.4 Å². The summed E-state index contributed by atoms with van der Waals surface area (Å²) in [7, 11) is 0. The van der Waals surface area contributed by atoms with E-state index in [0.717, 1.165) is 16.7 Å². The van der Waals surface area contributed by atoms with Gasteiger partial charge in [0.25, 0.3) is 11.8 Å². The highest BCUT2D eigenvalue weighted by molar-refractivity contribution is 6.34. The fourth-order valence-electron chi connectivity index (χ4n) is 4.42. The summed E-state index contributed by atoms with van der Waals surface area (Å²) in [5.41, 5.74) is 1.04. The number of ether oxygens (including phenoxy) is 1. The molecule has 0 saturated heterocycles. The molecule has 0 saturated carbocycles. The lowest BCUT2D eigenvalue weighted by molar-refractivity contribution is -0.274. The highest BCUT2D eigenvalue weighted by Crippen LogP contribution is 2.29. The predicted octanol–water partition coefficient (Wildman–Crippen LogP) is 7.21. The second kappa shape index (κ2) is 13.7. The van der Waals surface area contributed by atoms with E-state index in [0.29, 0.717) is 11.1 Å². The van der Waals surface area contributed by atoms with E-state index in [-0.39, 0.29) is 57.8 Å². The van der Waals surface area contributed by atoms with Gasteiger partial charge in [-0.05, 0) is 59.7 Å². The van der Waals surface area contributed by atoms with Crippen LogP contribution in [0.2, 0.25) is 5.02 Å². The Morgan fingerprint density at radius 3 is 2.11 bits per heavy atom. The molecule has 1 heterocycles. The number of halogens is 7. The number of aromatic nitrogens is 1. The van der Waals surface area contributed by atoms with E-state index in [9.17, 15) is 40.7 Å². The zero-order valence-corrected chi connectivity index (χ0v) is 25.0. The van der Waals surface area contributed by atoms with Crippen molar-refractivity contribution < 1.29 is 45.5 Å². The summed E-state index contributed by atoms with van der Waals surface area (Å²) >= 11 is 6.24. The van der Waals surface area contributed by atoms with Gasteiger partial charge in [-0.25, -0.2) is 0 Å². The highest BCUT2D eigenvalue weighted by Gasteiger charge is 2.32. The fraction of sp³-hybridized carbons (Fsp3) is 0.258. The lowest BCUT2D eigenvalue weighted by Crippen LogP contribution is -2.28. The van der Waals surface area contributed by atoms with Crippen molar-refractivity contribution in [2.75, 3.05) is 5.32 Å². The first-order chi connectivity index (χ1) is 21.5. The third-order valence-corrected chi connectivity index (χ3v) is 6.94. The maximum absolute atomic E-state index is 13.5. The average molecular weight is 669 g/mol. The number of fused-ring (bicyclic) bond motifs is 1. The number of alkyl halides is 6. The maximum Gasteiger partial charge on any atom is 0.573 e. The van der Waals surface area contributed by atoms with Crippen LogP contribution in [-0.4, -0.2) is 34.8 Å². The molecule has 8 nitrogen and oxygen atoms in total. The molecule has 0 radical (unpaired) electrons. The van der Waals surface area contributed by atoms with Gasteiger partial charge in [0.1, 0.15) is 18.0 Å². The topological polar surface area (TPSA) is 101 Å². The number of benzene rings is 3. The minimum Gasteiger partial charge on any atom is -0.406 e. The van der Waals surface area contributed by atoms with Crippen LogP contribution >= 0.6 is 11.6 Å². The van der Waals surface area contributed by atoms with Crippen LogP contribution in [0.3, 0.4) is 0 Å². The number of hydrogen-bond donors (Lipinski definition) is 3. The van der Waals surface area contributed by atoms with E-state index < -0.39 is 36.6 Å². The van der Waals surface area contributed by atoms with Crippen LogP contribution in [0.4, 0.5) is 32.0 Å². The molecule has 3 aromatic carbocycles. The molecule has 0 unspecified atom stereocenters. The molecule has 0 bridgehead atoms. The summed E-state index contributed by atoms with van der Waals surface area (Å²) in [4.78, 5) is 38.0. The SMILES string of the molecule is CC(C)C(=O)NCc1ccc(Cl)c(C(=O)Nc2ccc3c(c2)cc(C(=O)NCc2ccc(OC(F)(F)F)cc2)n3CC(F)(F)F)c1. The van der Waals surface area contributed by atoms with E-state index in [1.807, 2.05) is 0 Å². The quantitative estimate of drug-likeness (QED) is 0.156. The van der Waals surface area contributed by atoms with Gasteiger partial charge in [0.15, 0.2) is 0 Å². The van der Waals surface area contributed by atoms with Gasteiger partial charge in [-0.2, -0.15) is 13.2 Å². The summed E-state index contributed by atoms with van der Waals surface area (Å²) in [6.07, 6.45) is -9.56. The summed E-state index contributed by atoms with van der Waals surface area (Å²) in [6.45, 7) is 1.96. The van der Waals surface area contributed by atoms with Gasteiger partial charge >= 0.3 is 12.5 Å². The van der Waals surface area contributed by atoms with Crippen molar-refractivity contribution in [2.45, 2.75) is 46.0 Å². The van der Waals surface area contributed by atoms with Crippen molar-refractivity contribution in [2.24, 2.45) is 5.92 Å². The summed E-state index contributed by atoms with van der Waals surface area (Å²) in [5.74, 6) is -2.35. The molecule has 1 aromatic heterocycles. The van der Waals surface area contributed by atoms with Gasteiger partial charge in [0.2, 0.25) is 5.91 Å². The normalized spacial score (nSPS) is 11.9. The third kappa shape index (κ3) is 9.16. The number of hydrogen-bond acceptors (Lipinski definition) is 4. The van der Waals surface area contributed by atoms with Crippen LogP contribution in [0, 0.1) is 5.92 Å². The van der Waals surface area contributed by atoms with E-state index in [4.69, 9.17) is 11.6 Å².